The van der Waals surface area contributed by atoms with Gasteiger partial charge in [-0.25, -0.2) is 14.6 Å². The van der Waals surface area contributed by atoms with Crippen molar-refractivity contribution in [3.8, 4) is 0 Å². The smallest absolute Gasteiger partial charge is 0.211 e. The van der Waals surface area contributed by atoms with Crippen LogP contribution in [0.5, 0.6) is 0 Å². The summed E-state index contributed by atoms with van der Waals surface area (Å²) in [4.78, 5) is 28.1. The Morgan fingerprint density at radius 3 is 2.00 bits per heavy atom. The number of isocyanates is 2. The first-order chi connectivity index (χ1) is 11.2. The van der Waals surface area contributed by atoms with Crippen LogP contribution in [0.25, 0.3) is 0 Å². The lowest BCUT2D eigenvalue weighted by atomic mass is 9.73. The van der Waals surface area contributed by atoms with Crippen molar-refractivity contribution in [2.75, 3.05) is 6.54 Å². The minimum atomic E-state index is -0.311. The number of aliphatic imine (C=N–C) groups is 2. The number of nitrogens with zero attached hydrogens (tertiary/aromatic N) is 2. The van der Waals surface area contributed by atoms with E-state index in [9.17, 15) is 9.59 Å². The zero-order valence-electron chi connectivity index (χ0n) is 16.5. The van der Waals surface area contributed by atoms with Crippen molar-refractivity contribution in [1.29, 1.82) is 0 Å². The highest BCUT2D eigenvalue weighted by Crippen LogP contribution is 2.36. The van der Waals surface area contributed by atoms with Gasteiger partial charge in [0.15, 0.2) is 0 Å². The molecule has 0 rings (SSSR count). The van der Waals surface area contributed by atoms with Crippen LogP contribution in [0.15, 0.2) is 9.98 Å². The van der Waals surface area contributed by atoms with Crippen LogP contribution in [0.4, 0.5) is 0 Å². The summed E-state index contributed by atoms with van der Waals surface area (Å²) in [6, 6.07) is 0. The van der Waals surface area contributed by atoms with E-state index >= 15 is 0 Å². The quantitative estimate of drug-likeness (QED) is 0.254. The van der Waals surface area contributed by atoms with Crippen molar-refractivity contribution in [3.05, 3.63) is 0 Å². The van der Waals surface area contributed by atoms with Crippen LogP contribution in [0.1, 0.15) is 86.5 Å². The molecule has 0 aliphatic heterocycles. The van der Waals surface area contributed by atoms with E-state index in [1.165, 1.54) is 25.7 Å². The standard InChI is InChI=1S/C20H36N2O2/c1-17(11-8-10-14-21-15-23)19(3,4)13-9-7-12-18(2)20(5,6)22-16-24/h17-18H,7-14H2,1-6H3. The summed E-state index contributed by atoms with van der Waals surface area (Å²) in [5.74, 6) is 1.05. The fourth-order valence-corrected chi connectivity index (χ4v) is 2.94. The molecule has 2 atom stereocenters. The van der Waals surface area contributed by atoms with Crippen LogP contribution in [0.3, 0.4) is 0 Å². The van der Waals surface area contributed by atoms with E-state index in [4.69, 9.17) is 0 Å². The third-order valence-corrected chi connectivity index (χ3v) is 5.80. The molecule has 0 aromatic carbocycles. The summed E-state index contributed by atoms with van der Waals surface area (Å²) in [5.41, 5.74) is 0.0161. The topological polar surface area (TPSA) is 58.9 Å². The van der Waals surface area contributed by atoms with Gasteiger partial charge < -0.3 is 0 Å². The normalized spacial score (nSPS) is 14.4. The van der Waals surface area contributed by atoms with E-state index < -0.39 is 0 Å². The second-order valence-corrected chi connectivity index (χ2v) is 8.36. The molecule has 4 heteroatoms. The molecular formula is C20H36N2O2. The van der Waals surface area contributed by atoms with E-state index in [0.29, 0.717) is 23.8 Å². The van der Waals surface area contributed by atoms with Gasteiger partial charge in [-0.15, -0.1) is 0 Å². The van der Waals surface area contributed by atoms with Gasteiger partial charge in [0.2, 0.25) is 12.2 Å². The third kappa shape index (κ3) is 9.15. The van der Waals surface area contributed by atoms with Crippen molar-refractivity contribution >= 4 is 12.2 Å². The van der Waals surface area contributed by atoms with E-state index in [1.54, 1.807) is 12.2 Å². The van der Waals surface area contributed by atoms with Crippen molar-refractivity contribution in [3.63, 3.8) is 0 Å². The Labute approximate surface area is 148 Å². The fraction of sp³-hybridized carbons (Fsp3) is 0.900. The summed E-state index contributed by atoms with van der Waals surface area (Å²) >= 11 is 0. The summed E-state index contributed by atoms with van der Waals surface area (Å²) in [6.07, 6.45) is 11.2. The van der Waals surface area contributed by atoms with Crippen LogP contribution in [0, 0.1) is 17.3 Å². The van der Waals surface area contributed by atoms with Crippen LogP contribution in [-0.4, -0.2) is 24.2 Å². The molecule has 4 nitrogen and oxygen atoms in total. The van der Waals surface area contributed by atoms with Gasteiger partial charge in [-0.2, -0.15) is 4.99 Å². The number of carbonyl (C=O) groups excluding carboxylic acids is 2. The Morgan fingerprint density at radius 1 is 0.833 bits per heavy atom. The second-order valence-electron chi connectivity index (χ2n) is 8.36. The maximum Gasteiger partial charge on any atom is 0.235 e. The highest BCUT2D eigenvalue weighted by atomic mass is 16.1. The van der Waals surface area contributed by atoms with Gasteiger partial charge in [0.05, 0.1) is 12.1 Å². The maximum absolute atomic E-state index is 10.5. The first-order valence-corrected chi connectivity index (χ1v) is 9.30. The van der Waals surface area contributed by atoms with E-state index in [2.05, 4.69) is 37.7 Å². The van der Waals surface area contributed by atoms with Gasteiger partial charge in [0, 0.05) is 0 Å². The third-order valence-electron chi connectivity index (χ3n) is 5.80. The highest BCUT2D eigenvalue weighted by Gasteiger charge is 2.27. The molecule has 0 aliphatic rings. The predicted molar refractivity (Wildman–Crippen MR) is 99.6 cm³/mol. The lowest BCUT2D eigenvalue weighted by molar-refractivity contribution is 0.187. The van der Waals surface area contributed by atoms with Crippen LogP contribution >= 0.6 is 0 Å². The molecule has 0 spiro atoms. The Hall–Kier alpha value is -1.24. The molecule has 0 saturated carbocycles. The molecule has 0 aliphatic carbocycles. The van der Waals surface area contributed by atoms with E-state index in [0.717, 1.165) is 19.3 Å². The van der Waals surface area contributed by atoms with Crippen molar-refractivity contribution in [2.24, 2.45) is 27.2 Å². The van der Waals surface area contributed by atoms with Crippen LogP contribution in [-0.2, 0) is 9.59 Å². The van der Waals surface area contributed by atoms with Gasteiger partial charge in [-0.05, 0) is 50.4 Å². The zero-order chi connectivity index (χ0) is 18.6. The molecule has 0 aromatic rings. The lowest BCUT2D eigenvalue weighted by Gasteiger charge is -2.32. The molecule has 0 aromatic heterocycles. The molecule has 0 saturated heterocycles. The highest BCUT2D eigenvalue weighted by molar-refractivity contribution is 5.34. The molecule has 2 unspecified atom stereocenters. The first kappa shape index (κ1) is 22.8. The first-order valence-electron chi connectivity index (χ1n) is 9.30. The molecule has 0 N–H and O–H groups in total. The van der Waals surface area contributed by atoms with E-state index in [1.807, 2.05) is 13.8 Å². The predicted octanol–water partition coefficient (Wildman–Crippen LogP) is 5.47. The molecule has 0 heterocycles. The minimum Gasteiger partial charge on any atom is -0.211 e. The minimum absolute atomic E-state index is 0.311. The average Bonchev–Trinajstić information content (AvgIpc) is 2.50. The van der Waals surface area contributed by atoms with Crippen molar-refractivity contribution < 1.29 is 9.59 Å². The van der Waals surface area contributed by atoms with Gasteiger partial charge in [0.25, 0.3) is 0 Å². The molecule has 138 valence electrons. The SMILES string of the molecule is CC(CCCCN=C=O)C(C)(C)CCCCC(C)C(C)(C)N=C=O. The molecule has 0 bridgehead atoms. The summed E-state index contributed by atoms with van der Waals surface area (Å²) in [5, 5.41) is 0. The zero-order valence-corrected chi connectivity index (χ0v) is 16.5. The Morgan fingerprint density at radius 2 is 1.42 bits per heavy atom. The molecule has 0 amide bonds. The van der Waals surface area contributed by atoms with Gasteiger partial charge in [-0.3, -0.25) is 0 Å². The number of rotatable bonds is 13. The second kappa shape index (κ2) is 11.3. The monoisotopic (exact) mass is 336 g/mol. The Balaban J connectivity index is 4.10. The van der Waals surface area contributed by atoms with Crippen LogP contribution in [0.2, 0.25) is 0 Å². The van der Waals surface area contributed by atoms with Gasteiger partial charge in [-0.1, -0.05) is 53.4 Å². The van der Waals surface area contributed by atoms with Crippen LogP contribution < -0.4 is 0 Å². The van der Waals surface area contributed by atoms with Gasteiger partial charge in [0.1, 0.15) is 0 Å². The molecular weight excluding hydrogens is 300 g/mol. The number of hydrogen-bond acceptors (Lipinski definition) is 4. The van der Waals surface area contributed by atoms with Gasteiger partial charge >= 0.3 is 0 Å². The Bertz CT molecular complexity index is 445. The largest absolute Gasteiger partial charge is 0.235 e. The summed E-state index contributed by atoms with van der Waals surface area (Å²) in [7, 11) is 0. The van der Waals surface area contributed by atoms with E-state index in [-0.39, 0.29) is 5.54 Å². The fourth-order valence-electron chi connectivity index (χ4n) is 2.94. The maximum atomic E-state index is 10.5. The van der Waals surface area contributed by atoms with Crippen molar-refractivity contribution in [1.82, 2.24) is 0 Å². The summed E-state index contributed by atoms with van der Waals surface area (Å²) < 4.78 is 0. The number of unbranched alkanes of at least 4 members (excludes halogenated alkanes) is 2. The Kier molecular flexibility index (Phi) is 10.8. The summed E-state index contributed by atoms with van der Waals surface area (Å²) in [6.45, 7) is 13.8. The number of hydrogen-bond donors (Lipinski definition) is 0. The molecule has 0 radical (unpaired) electrons. The van der Waals surface area contributed by atoms with Crippen molar-refractivity contribution in [2.45, 2.75) is 92.0 Å². The average molecular weight is 337 g/mol. The lowest BCUT2D eigenvalue weighted by Crippen LogP contribution is -2.27. The molecule has 24 heavy (non-hydrogen) atoms. The molecule has 0 fully saturated rings.